The van der Waals surface area contributed by atoms with E-state index in [1.807, 2.05) is 12.1 Å². The zero-order valence-electron chi connectivity index (χ0n) is 11.0. The summed E-state index contributed by atoms with van der Waals surface area (Å²) in [7, 11) is 0. The van der Waals surface area contributed by atoms with E-state index < -0.39 is 12.1 Å². The molecule has 0 radical (unpaired) electrons. The zero-order valence-corrected chi connectivity index (χ0v) is 12.6. The largest absolute Gasteiger partial charge is 0.450 e. The molecule has 0 saturated heterocycles. The number of fused-ring (bicyclic) bond motifs is 1. The molecule has 2 heterocycles. The van der Waals surface area contributed by atoms with Crippen molar-refractivity contribution in [3.63, 3.8) is 0 Å². The highest BCUT2D eigenvalue weighted by Crippen LogP contribution is 2.30. The lowest BCUT2D eigenvalue weighted by molar-refractivity contribution is 0.0330. The molecule has 1 aromatic carbocycles. The quantitative estimate of drug-likeness (QED) is 0.689. The SMILES string of the molecule is CC(OC(=O)c1cnccn1)c1nc2cc(Cl)ccc2s1. The molecule has 0 aliphatic heterocycles. The van der Waals surface area contributed by atoms with Crippen molar-refractivity contribution in [2.75, 3.05) is 0 Å². The Morgan fingerprint density at radius 2 is 2.24 bits per heavy atom. The lowest BCUT2D eigenvalue weighted by Gasteiger charge is -2.09. The second-order valence-electron chi connectivity index (χ2n) is 4.30. The molecule has 1 unspecified atom stereocenters. The van der Waals surface area contributed by atoms with Crippen LogP contribution in [0.15, 0.2) is 36.8 Å². The van der Waals surface area contributed by atoms with Crippen molar-refractivity contribution >= 4 is 39.1 Å². The van der Waals surface area contributed by atoms with Crippen LogP contribution in [-0.2, 0) is 4.74 Å². The van der Waals surface area contributed by atoms with Crippen LogP contribution in [-0.4, -0.2) is 20.9 Å². The molecule has 0 saturated carbocycles. The zero-order chi connectivity index (χ0) is 14.8. The molecule has 1 atom stereocenters. The van der Waals surface area contributed by atoms with Crippen molar-refractivity contribution in [1.29, 1.82) is 0 Å². The fourth-order valence-corrected chi connectivity index (χ4v) is 2.86. The van der Waals surface area contributed by atoms with Gasteiger partial charge in [-0.3, -0.25) is 4.98 Å². The van der Waals surface area contributed by atoms with Crippen LogP contribution >= 0.6 is 22.9 Å². The number of thiazole rings is 1. The number of hydrogen-bond acceptors (Lipinski definition) is 6. The summed E-state index contributed by atoms with van der Waals surface area (Å²) in [4.78, 5) is 24.1. The van der Waals surface area contributed by atoms with Gasteiger partial charge in [-0.2, -0.15) is 0 Å². The van der Waals surface area contributed by atoms with Crippen molar-refractivity contribution in [3.8, 4) is 0 Å². The van der Waals surface area contributed by atoms with E-state index in [0.717, 1.165) is 10.2 Å². The number of hydrogen-bond donors (Lipinski definition) is 0. The molecule has 21 heavy (non-hydrogen) atoms. The van der Waals surface area contributed by atoms with Gasteiger partial charge in [0, 0.05) is 17.4 Å². The average molecular weight is 320 g/mol. The number of rotatable bonds is 3. The van der Waals surface area contributed by atoms with Crippen LogP contribution in [0.2, 0.25) is 5.02 Å². The fourth-order valence-electron chi connectivity index (χ4n) is 1.77. The van der Waals surface area contributed by atoms with Crippen LogP contribution in [0.5, 0.6) is 0 Å². The molecule has 0 N–H and O–H groups in total. The van der Waals surface area contributed by atoms with Gasteiger partial charge in [0.1, 0.15) is 5.01 Å². The van der Waals surface area contributed by atoms with E-state index in [1.54, 1.807) is 13.0 Å². The van der Waals surface area contributed by atoms with Crippen LogP contribution in [0.3, 0.4) is 0 Å². The molecule has 0 aliphatic carbocycles. The van der Waals surface area contributed by atoms with Gasteiger partial charge < -0.3 is 4.74 Å². The van der Waals surface area contributed by atoms with Crippen molar-refractivity contribution < 1.29 is 9.53 Å². The third-order valence-corrected chi connectivity index (χ3v) is 4.20. The smallest absolute Gasteiger partial charge is 0.359 e. The topological polar surface area (TPSA) is 65.0 Å². The van der Waals surface area contributed by atoms with Crippen molar-refractivity contribution in [2.24, 2.45) is 0 Å². The molecule has 0 bridgehead atoms. The fraction of sp³-hybridized carbons (Fsp3) is 0.143. The number of nitrogens with zero attached hydrogens (tertiary/aromatic N) is 3. The third-order valence-electron chi connectivity index (χ3n) is 2.77. The normalized spacial score (nSPS) is 12.3. The number of carbonyl (C=O) groups is 1. The highest BCUT2D eigenvalue weighted by atomic mass is 35.5. The Balaban J connectivity index is 1.80. The van der Waals surface area contributed by atoms with E-state index in [9.17, 15) is 4.79 Å². The summed E-state index contributed by atoms with van der Waals surface area (Å²) in [5, 5.41) is 1.34. The lowest BCUT2D eigenvalue weighted by Crippen LogP contribution is -2.10. The Morgan fingerprint density at radius 1 is 1.38 bits per heavy atom. The minimum atomic E-state index is -0.520. The average Bonchev–Trinajstić information content (AvgIpc) is 2.91. The maximum Gasteiger partial charge on any atom is 0.359 e. The number of ether oxygens (including phenoxy) is 1. The van der Waals surface area contributed by atoms with E-state index in [2.05, 4.69) is 15.0 Å². The number of esters is 1. The van der Waals surface area contributed by atoms with Gasteiger partial charge in [0.2, 0.25) is 0 Å². The summed E-state index contributed by atoms with van der Waals surface area (Å²) in [5.74, 6) is -0.520. The van der Waals surface area contributed by atoms with Gasteiger partial charge in [-0.1, -0.05) is 11.6 Å². The van der Waals surface area contributed by atoms with Gasteiger partial charge in [0.25, 0.3) is 0 Å². The molecular weight excluding hydrogens is 310 g/mol. The lowest BCUT2D eigenvalue weighted by atomic mass is 10.3. The maximum atomic E-state index is 11.9. The number of halogens is 1. The standard InChI is InChI=1S/C14H10ClN3O2S/c1-8(20-14(19)11-7-16-4-5-17-11)13-18-10-6-9(15)2-3-12(10)21-13/h2-8H,1H3. The summed E-state index contributed by atoms with van der Waals surface area (Å²) >= 11 is 7.40. The third kappa shape index (κ3) is 3.01. The summed E-state index contributed by atoms with van der Waals surface area (Å²) < 4.78 is 6.35. The number of aromatic nitrogens is 3. The van der Waals surface area contributed by atoms with E-state index in [0.29, 0.717) is 10.0 Å². The summed E-state index contributed by atoms with van der Waals surface area (Å²) in [6, 6.07) is 5.49. The van der Waals surface area contributed by atoms with Crippen LogP contribution in [0.1, 0.15) is 28.5 Å². The van der Waals surface area contributed by atoms with Crippen LogP contribution < -0.4 is 0 Å². The van der Waals surface area contributed by atoms with Crippen LogP contribution in [0.25, 0.3) is 10.2 Å². The van der Waals surface area contributed by atoms with E-state index in [4.69, 9.17) is 16.3 Å². The first-order valence-corrected chi connectivity index (χ1v) is 7.36. The molecule has 7 heteroatoms. The van der Waals surface area contributed by atoms with E-state index in [-0.39, 0.29) is 5.69 Å². The second kappa shape index (κ2) is 5.75. The first kappa shape index (κ1) is 13.9. The molecule has 3 aromatic rings. The van der Waals surface area contributed by atoms with Crippen LogP contribution in [0.4, 0.5) is 0 Å². The van der Waals surface area contributed by atoms with Gasteiger partial charge in [-0.25, -0.2) is 14.8 Å². The van der Waals surface area contributed by atoms with Gasteiger partial charge >= 0.3 is 5.97 Å². The Labute approximate surface area is 129 Å². The molecule has 2 aromatic heterocycles. The predicted octanol–water partition coefficient (Wildman–Crippen LogP) is 3.66. The van der Waals surface area contributed by atoms with Gasteiger partial charge in [-0.05, 0) is 25.1 Å². The minimum absolute atomic E-state index is 0.175. The predicted molar refractivity (Wildman–Crippen MR) is 80.5 cm³/mol. The molecule has 5 nitrogen and oxygen atoms in total. The molecule has 106 valence electrons. The Kier molecular flexibility index (Phi) is 3.81. The number of benzene rings is 1. The van der Waals surface area contributed by atoms with Crippen molar-refractivity contribution in [2.45, 2.75) is 13.0 Å². The Hall–Kier alpha value is -2.05. The highest BCUT2D eigenvalue weighted by molar-refractivity contribution is 7.18. The van der Waals surface area contributed by atoms with Crippen molar-refractivity contribution in [1.82, 2.24) is 15.0 Å². The monoisotopic (exact) mass is 319 g/mol. The Morgan fingerprint density at radius 3 is 3.00 bits per heavy atom. The van der Waals surface area contributed by atoms with Gasteiger partial charge in [-0.15, -0.1) is 11.3 Å². The van der Waals surface area contributed by atoms with E-state index >= 15 is 0 Å². The maximum absolute atomic E-state index is 11.9. The molecular formula is C14H10ClN3O2S. The minimum Gasteiger partial charge on any atom is -0.450 e. The molecule has 3 rings (SSSR count). The van der Waals surface area contributed by atoms with Crippen molar-refractivity contribution in [3.05, 3.63) is 52.5 Å². The first-order chi connectivity index (χ1) is 10.1. The Bertz CT molecular complexity index is 791. The van der Waals surface area contributed by atoms with E-state index in [1.165, 1.54) is 29.9 Å². The van der Waals surface area contributed by atoms with Gasteiger partial charge in [0.05, 0.1) is 16.4 Å². The van der Waals surface area contributed by atoms with Gasteiger partial charge in [0.15, 0.2) is 11.8 Å². The summed E-state index contributed by atoms with van der Waals surface area (Å²) in [5.41, 5.74) is 0.971. The summed E-state index contributed by atoms with van der Waals surface area (Å²) in [6.45, 7) is 1.77. The molecule has 0 amide bonds. The number of carbonyl (C=O) groups excluding carboxylic acids is 1. The molecule has 0 spiro atoms. The van der Waals surface area contributed by atoms with Crippen LogP contribution in [0, 0.1) is 0 Å². The first-order valence-electron chi connectivity index (χ1n) is 6.16. The second-order valence-corrected chi connectivity index (χ2v) is 5.80. The molecule has 0 fully saturated rings. The molecule has 0 aliphatic rings. The summed E-state index contributed by atoms with van der Waals surface area (Å²) in [6.07, 6.45) is 3.85. The highest BCUT2D eigenvalue weighted by Gasteiger charge is 2.18.